The molecule has 0 unspecified atom stereocenters. The molecule has 0 bridgehead atoms. The Morgan fingerprint density at radius 2 is 1.71 bits per heavy atom. The number of carbonyl (C=O) groups is 1. The summed E-state index contributed by atoms with van der Waals surface area (Å²) < 4.78 is 23.2. The predicted molar refractivity (Wildman–Crippen MR) is 142 cm³/mol. The molecule has 0 radical (unpaired) electrons. The summed E-state index contributed by atoms with van der Waals surface area (Å²) in [6.07, 6.45) is 1.29. The van der Waals surface area contributed by atoms with E-state index in [9.17, 15) is 14.0 Å². The maximum absolute atomic E-state index is 14.6. The molecule has 0 saturated carbocycles. The number of para-hydroxylation sites is 2. The Morgan fingerprint density at radius 1 is 1.00 bits per heavy atom. The van der Waals surface area contributed by atoms with Crippen molar-refractivity contribution < 1.29 is 13.9 Å². The lowest BCUT2D eigenvalue weighted by Crippen LogP contribution is -2.41. The number of halogens is 1. The number of H-pyrrole nitrogens is 1. The monoisotopic (exact) mass is 511 g/mol. The maximum atomic E-state index is 14.6. The molecule has 2 aromatic heterocycles. The van der Waals surface area contributed by atoms with Crippen LogP contribution in [0, 0.1) is 5.82 Å². The number of rotatable bonds is 5. The van der Waals surface area contributed by atoms with Crippen LogP contribution in [-0.4, -0.2) is 50.3 Å². The van der Waals surface area contributed by atoms with Crippen LogP contribution in [0.25, 0.3) is 28.0 Å². The number of nitrogens with zero attached hydrogens (tertiary/aromatic N) is 4. The SMILES string of the molecule is COc1ccc(-n2nc(-c3ccccc3F)cc2C(=O)N2CCC(n3c(=O)[nH]c4ccccc43)CC2)cc1. The molecule has 1 amide bonds. The molecule has 1 N–H and O–H groups in total. The van der Waals surface area contributed by atoms with Crippen LogP contribution in [0.5, 0.6) is 5.75 Å². The highest BCUT2D eigenvalue weighted by Crippen LogP contribution is 2.29. The zero-order valence-corrected chi connectivity index (χ0v) is 20.8. The molecule has 1 aliphatic rings. The lowest BCUT2D eigenvalue weighted by molar-refractivity contribution is 0.0685. The van der Waals surface area contributed by atoms with E-state index in [4.69, 9.17) is 4.74 Å². The van der Waals surface area contributed by atoms with E-state index >= 15 is 0 Å². The molecule has 3 heterocycles. The summed E-state index contributed by atoms with van der Waals surface area (Å²) in [5.41, 5.74) is 3.25. The van der Waals surface area contributed by atoms with Gasteiger partial charge in [0.1, 0.15) is 17.3 Å². The minimum Gasteiger partial charge on any atom is -0.497 e. The molecule has 192 valence electrons. The van der Waals surface area contributed by atoms with Crippen molar-refractivity contribution in [2.24, 2.45) is 0 Å². The van der Waals surface area contributed by atoms with Crippen molar-refractivity contribution in [3.05, 3.63) is 101 Å². The van der Waals surface area contributed by atoms with Gasteiger partial charge in [0.15, 0.2) is 0 Å². The van der Waals surface area contributed by atoms with Gasteiger partial charge in [-0.05, 0) is 67.4 Å². The Hall–Kier alpha value is -4.66. The summed E-state index contributed by atoms with van der Waals surface area (Å²) >= 11 is 0. The second-order valence-electron chi connectivity index (χ2n) is 9.35. The summed E-state index contributed by atoms with van der Waals surface area (Å²) in [6.45, 7) is 0.969. The van der Waals surface area contributed by atoms with Gasteiger partial charge < -0.3 is 14.6 Å². The number of amides is 1. The minimum atomic E-state index is -0.407. The summed E-state index contributed by atoms with van der Waals surface area (Å²) in [5, 5.41) is 4.62. The molecular formula is C29H26FN5O3. The molecule has 1 saturated heterocycles. The van der Waals surface area contributed by atoms with Crippen LogP contribution in [0.4, 0.5) is 4.39 Å². The zero-order valence-electron chi connectivity index (χ0n) is 20.8. The minimum absolute atomic E-state index is 0.0109. The fraction of sp³-hybridized carbons (Fsp3) is 0.207. The highest BCUT2D eigenvalue weighted by atomic mass is 19.1. The van der Waals surface area contributed by atoms with Crippen LogP contribution in [0.3, 0.4) is 0 Å². The van der Waals surface area contributed by atoms with Gasteiger partial charge in [-0.25, -0.2) is 13.9 Å². The van der Waals surface area contributed by atoms with Crippen molar-refractivity contribution in [3.8, 4) is 22.7 Å². The number of fused-ring (bicyclic) bond motifs is 1. The summed E-state index contributed by atoms with van der Waals surface area (Å²) in [5.74, 6) is 0.0780. The van der Waals surface area contributed by atoms with E-state index in [0.29, 0.717) is 54.3 Å². The smallest absolute Gasteiger partial charge is 0.326 e. The highest BCUT2D eigenvalue weighted by Gasteiger charge is 2.29. The van der Waals surface area contributed by atoms with Crippen LogP contribution in [0.1, 0.15) is 29.4 Å². The quantitative estimate of drug-likeness (QED) is 0.367. The average molecular weight is 512 g/mol. The molecular weight excluding hydrogens is 485 g/mol. The number of aromatic nitrogens is 4. The van der Waals surface area contributed by atoms with Gasteiger partial charge in [0, 0.05) is 24.7 Å². The number of imidazole rings is 1. The third-order valence-electron chi connectivity index (χ3n) is 7.14. The molecule has 0 atom stereocenters. The number of methoxy groups -OCH3 is 1. The molecule has 9 heteroatoms. The van der Waals surface area contributed by atoms with Crippen LogP contribution in [0.15, 0.2) is 83.7 Å². The van der Waals surface area contributed by atoms with Crippen LogP contribution >= 0.6 is 0 Å². The number of piperidine rings is 1. The van der Waals surface area contributed by atoms with Gasteiger partial charge in [0.25, 0.3) is 5.91 Å². The first-order valence-electron chi connectivity index (χ1n) is 12.5. The molecule has 38 heavy (non-hydrogen) atoms. The van der Waals surface area contributed by atoms with Crippen molar-refractivity contribution in [1.82, 2.24) is 24.2 Å². The number of hydrogen-bond donors (Lipinski definition) is 1. The molecule has 1 fully saturated rings. The molecule has 6 rings (SSSR count). The Bertz CT molecular complexity index is 1680. The van der Waals surface area contributed by atoms with Gasteiger partial charge in [0.2, 0.25) is 0 Å². The Kier molecular flexibility index (Phi) is 6.03. The van der Waals surface area contributed by atoms with Crippen molar-refractivity contribution >= 4 is 16.9 Å². The number of aromatic amines is 1. The highest BCUT2D eigenvalue weighted by molar-refractivity contribution is 5.94. The molecule has 0 aliphatic carbocycles. The van der Waals surface area contributed by atoms with Gasteiger partial charge in [0.05, 0.1) is 29.5 Å². The normalized spacial score (nSPS) is 14.2. The van der Waals surface area contributed by atoms with Crippen LogP contribution in [-0.2, 0) is 0 Å². The standard InChI is InChI=1S/C29H26FN5O3/c1-38-21-12-10-20(11-13-21)35-27(18-25(32-35)22-6-2-3-7-23(22)30)28(36)33-16-14-19(15-17-33)34-26-9-5-4-8-24(26)31-29(34)37/h2-13,18-19H,14-17H2,1H3,(H,31,37). The Morgan fingerprint density at radius 3 is 2.45 bits per heavy atom. The average Bonchev–Trinajstić information content (AvgIpc) is 3.54. The number of carbonyl (C=O) groups excluding carboxylic acids is 1. The Labute approximate surface area is 217 Å². The topological polar surface area (TPSA) is 85.2 Å². The van der Waals surface area contributed by atoms with Crippen LogP contribution < -0.4 is 10.4 Å². The van der Waals surface area contributed by atoms with E-state index < -0.39 is 5.82 Å². The van der Waals surface area contributed by atoms with Crippen molar-refractivity contribution in [1.29, 1.82) is 0 Å². The first-order valence-corrected chi connectivity index (χ1v) is 12.5. The van der Waals surface area contributed by atoms with Gasteiger partial charge >= 0.3 is 5.69 Å². The molecule has 0 spiro atoms. The van der Waals surface area contributed by atoms with E-state index in [0.717, 1.165) is 11.0 Å². The lowest BCUT2D eigenvalue weighted by Gasteiger charge is -2.32. The van der Waals surface area contributed by atoms with Crippen LogP contribution in [0.2, 0.25) is 0 Å². The van der Waals surface area contributed by atoms with Gasteiger partial charge in [-0.1, -0.05) is 24.3 Å². The van der Waals surface area contributed by atoms with E-state index in [1.54, 1.807) is 57.7 Å². The van der Waals surface area contributed by atoms with Crippen molar-refractivity contribution in [2.75, 3.05) is 20.2 Å². The maximum Gasteiger partial charge on any atom is 0.326 e. The third-order valence-corrected chi connectivity index (χ3v) is 7.14. The second-order valence-corrected chi connectivity index (χ2v) is 9.35. The Balaban J connectivity index is 1.30. The molecule has 1 aliphatic heterocycles. The molecule has 3 aromatic carbocycles. The van der Waals surface area contributed by atoms with Gasteiger partial charge in [-0.15, -0.1) is 0 Å². The second kappa shape index (κ2) is 9.66. The number of benzene rings is 3. The predicted octanol–water partition coefficient (Wildman–Crippen LogP) is 4.81. The van der Waals surface area contributed by atoms with E-state index in [1.165, 1.54) is 6.07 Å². The number of ether oxygens (including phenoxy) is 1. The number of nitrogens with one attached hydrogen (secondary N) is 1. The number of hydrogen-bond acceptors (Lipinski definition) is 4. The molecule has 8 nitrogen and oxygen atoms in total. The number of likely N-dealkylation sites (tertiary alicyclic amines) is 1. The molecule has 5 aromatic rings. The first kappa shape index (κ1) is 23.7. The fourth-order valence-electron chi connectivity index (χ4n) is 5.18. The lowest BCUT2D eigenvalue weighted by atomic mass is 10.0. The van der Waals surface area contributed by atoms with Gasteiger partial charge in [-0.3, -0.25) is 9.36 Å². The van der Waals surface area contributed by atoms with Crippen molar-refractivity contribution in [3.63, 3.8) is 0 Å². The first-order chi connectivity index (χ1) is 18.5. The summed E-state index contributed by atoms with van der Waals surface area (Å²) in [6, 6.07) is 22.8. The van der Waals surface area contributed by atoms with Gasteiger partial charge in [-0.2, -0.15) is 5.10 Å². The van der Waals surface area contributed by atoms with E-state index in [2.05, 4.69) is 10.1 Å². The third kappa shape index (κ3) is 4.15. The summed E-state index contributed by atoms with van der Waals surface area (Å²) in [7, 11) is 1.59. The largest absolute Gasteiger partial charge is 0.497 e. The van der Waals surface area contributed by atoms with E-state index in [-0.39, 0.29) is 17.6 Å². The zero-order chi connectivity index (χ0) is 26.2. The van der Waals surface area contributed by atoms with E-state index in [1.807, 2.05) is 36.4 Å². The fourth-order valence-corrected chi connectivity index (χ4v) is 5.18. The van der Waals surface area contributed by atoms with Crippen molar-refractivity contribution in [2.45, 2.75) is 18.9 Å². The summed E-state index contributed by atoms with van der Waals surface area (Å²) in [4.78, 5) is 31.1.